The van der Waals surface area contributed by atoms with Crippen LogP contribution in [-0.2, 0) is 9.53 Å². The molecule has 0 amide bonds. The van der Waals surface area contributed by atoms with Gasteiger partial charge in [-0.25, -0.2) is 9.18 Å². The van der Waals surface area contributed by atoms with Crippen molar-refractivity contribution in [3.05, 3.63) is 0 Å². The number of ether oxygens (including phenoxy) is 1. The molecule has 2 nitrogen and oxygen atoms in total. The third-order valence-electron chi connectivity index (χ3n) is 3.25. The minimum absolute atomic E-state index is 0.533. The lowest BCUT2D eigenvalue weighted by Crippen LogP contribution is -2.60. The molecule has 0 bridgehead atoms. The summed E-state index contributed by atoms with van der Waals surface area (Å²) in [6.07, 6.45) is -23.4. The number of hydrogen-bond donors (Lipinski definition) is 0. The second-order valence-electron chi connectivity index (χ2n) is 4.84. The van der Waals surface area contributed by atoms with E-state index >= 15 is 0 Å². The molecule has 0 aromatic carbocycles. The van der Waals surface area contributed by atoms with Crippen LogP contribution in [0.3, 0.4) is 0 Å². The van der Waals surface area contributed by atoms with E-state index in [1.165, 1.54) is 0 Å². The highest BCUT2D eigenvalue weighted by Crippen LogP contribution is 2.61. The van der Waals surface area contributed by atoms with Gasteiger partial charge in [-0.05, 0) is 13.3 Å². The minimum Gasteiger partial charge on any atom is -0.463 e. The van der Waals surface area contributed by atoms with Gasteiger partial charge in [-0.2, -0.15) is 39.5 Å². The molecular weight excluding hydrogens is 354 g/mol. The summed E-state index contributed by atoms with van der Waals surface area (Å²) in [4.78, 5) is 11.1. The molecule has 0 aromatic rings. The molecular formula is C11H12F10O2. The largest absolute Gasteiger partial charge is 0.463 e. The van der Waals surface area contributed by atoms with Gasteiger partial charge in [0.2, 0.25) is 5.67 Å². The number of rotatable bonds is 5. The van der Waals surface area contributed by atoms with E-state index in [-0.39, 0.29) is 0 Å². The molecule has 0 radical (unpaired) electrons. The average Bonchev–Trinajstić information content (AvgIpc) is 2.28. The smallest absolute Gasteiger partial charge is 0.412 e. The Balaban J connectivity index is 5.50. The summed E-state index contributed by atoms with van der Waals surface area (Å²) in [6.45, 7) is -0.163. The van der Waals surface area contributed by atoms with Crippen molar-refractivity contribution in [2.45, 2.75) is 50.9 Å². The Bertz CT molecular complexity index is 382. The monoisotopic (exact) mass is 366 g/mol. The first-order valence-corrected chi connectivity index (χ1v) is 6.00. The van der Waals surface area contributed by atoms with Gasteiger partial charge in [0.1, 0.15) is 0 Å². The van der Waals surface area contributed by atoms with Gasteiger partial charge >= 0.3 is 24.5 Å². The standard InChI is InChI=1S/C11H12F10O2/c1-3-7(2,12)6(22)23-5-4-8(9(13,14)15,10(16,17)18)11(19,20)21/h3-5H2,1-2H3. The van der Waals surface area contributed by atoms with Crippen molar-refractivity contribution in [3.8, 4) is 0 Å². The molecule has 0 N–H and O–H groups in total. The van der Waals surface area contributed by atoms with Gasteiger partial charge in [0.25, 0.3) is 5.41 Å². The number of alkyl halides is 10. The van der Waals surface area contributed by atoms with Gasteiger partial charge in [-0.3, -0.25) is 0 Å². The molecule has 0 aliphatic carbocycles. The van der Waals surface area contributed by atoms with Crippen LogP contribution in [0.1, 0.15) is 26.7 Å². The normalized spacial score (nSPS) is 16.9. The second kappa shape index (κ2) is 6.34. The van der Waals surface area contributed by atoms with Gasteiger partial charge < -0.3 is 4.74 Å². The van der Waals surface area contributed by atoms with Crippen molar-refractivity contribution in [1.29, 1.82) is 0 Å². The van der Waals surface area contributed by atoms with Crippen molar-refractivity contribution >= 4 is 5.97 Å². The average molecular weight is 366 g/mol. The fourth-order valence-electron chi connectivity index (χ4n) is 1.50. The predicted molar refractivity (Wildman–Crippen MR) is 56.0 cm³/mol. The third-order valence-corrected chi connectivity index (χ3v) is 3.25. The summed E-state index contributed by atoms with van der Waals surface area (Å²) in [7, 11) is 0. The van der Waals surface area contributed by atoms with Gasteiger partial charge in [0.05, 0.1) is 6.61 Å². The number of carbonyl (C=O) groups excluding carboxylic acids is 1. The van der Waals surface area contributed by atoms with E-state index in [1.54, 1.807) is 0 Å². The van der Waals surface area contributed by atoms with E-state index in [0.29, 0.717) is 6.92 Å². The van der Waals surface area contributed by atoms with E-state index < -0.39 is 55.0 Å². The molecule has 0 aromatic heterocycles. The first-order chi connectivity index (χ1) is 9.94. The second-order valence-corrected chi connectivity index (χ2v) is 4.84. The molecule has 1 atom stereocenters. The van der Waals surface area contributed by atoms with E-state index in [0.717, 1.165) is 6.92 Å². The highest BCUT2D eigenvalue weighted by atomic mass is 19.4. The van der Waals surface area contributed by atoms with Gasteiger partial charge in [0, 0.05) is 6.42 Å². The van der Waals surface area contributed by atoms with Crippen molar-refractivity contribution < 1.29 is 53.4 Å². The zero-order chi connectivity index (χ0) is 18.9. The fourth-order valence-corrected chi connectivity index (χ4v) is 1.50. The molecule has 0 saturated heterocycles. The van der Waals surface area contributed by atoms with Crippen molar-refractivity contribution in [3.63, 3.8) is 0 Å². The summed E-state index contributed by atoms with van der Waals surface area (Å²) in [5, 5.41) is 0. The maximum atomic E-state index is 13.4. The van der Waals surface area contributed by atoms with Crippen molar-refractivity contribution in [2.24, 2.45) is 5.41 Å². The predicted octanol–water partition coefficient (Wildman–Crippen LogP) is 4.73. The topological polar surface area (TPSA) is 26.3 Å². The number of halogens is 10. The van der Waals surface area contributed by atoms with Crippen LogP contribution in [0.25, 0.3) is 0 Å². The van der Waals surface area contributed by atoms with Crippen LogP contribution in [0.15, 0.2) is 0 Å². The Morgan fingerprint density at radius 2 is 1.17 bits per heavy atom. The Kier molecular flexibility index (Phi) is 6.01. The van der Waals surface area contributed by atoms with Crippen LogP contribution in [0.5, 0.6) is 0 Å². The Morgan fingerprint density at radius 3 is 1.43 bits per heavy atom. The number of carbonyl (C=O) groups is 1. The summed E-state index contributed by atoms with van der Waals surface area (Å²) < 4.78 is 130. The van der Waals surface area contributed by atoms with E-state index in [4.69, 9.17) is 0 Å². The van der Waals surface area contributed by atoms with Crippen LogP contribution >= 0.6 is 0 Å². The first-order valence-electron chi connectivity index (χ1n) is 6.00. The molecule has 0 aliphatic heterocycles. The molecule has 0 fully saturated rings. The molecule has 0 spiro atoms. The molecule has 0 heterocycles. The van der Waals surface area contributed by atoms with Gasteiger partial charge in [-0.15, -0.1) is 0 Å². The maximum Gasteiger partial charge on any atom is 0.412 e. The zero-order valence-corrected chi connectivity index (χ0v) is 11.7. The lowest BCUT2D eigenvalue weighted by molar-refractivity contribution is -0.429. The highest BCUT2D eigenvalue weighted by molar-refractivity contribution is 5.78. The highest BCUT2D eigenvalue weighted by Gasteiger charge is 2.83. The molecule has 138 valence electrons. The van der Waals surface area contributed by atoms with Crippen LogP contribution in [0.4, 0.5) is 43.9 Å². The van der Waals surface area contributed by atoms with Crippen LogP contribution < -0.4 is 0 Å². The Morgan fingerprint density at radius 1 is 0.826 bits per heavy atom. The van der Waals surface area contributed by atoms with Gasteiger partial charge in [0.15, 0.2) is 0 Å². The molecule has 1 unspecified atom stereocenters. The first kappa shape index (κ1) is 21.8. The third kappa shape index (κ3) is 4.19. The Labute approximate surface area is 123 Å². The fraction of sp³-hybridized carbons (Fsp3) is 0.909. The number of esters is 1. The SMILES string of the molecule is CCC(C)(F)C(=O)OCCC(C(F)(F)F)(C(F)(F)F)C(F)(F)F. The van der Waals surface area contributed by atoms with E-state index in [9.17, 15) is 48.7 Å². The van der Waals surface area contributed by atoms with Crippen molar-refractivity contribution in [1.82, 2.24) is 0 Å². The molecule has 0 rings (SSSR count). The van der Waals surface area contributed by atoms with E-state index in [1.807, 2.05) is 0 Å². The van der Waals surface area contributed by atoms with Crippen LogP contribution in [-0.4, -0.2) is 36.8 Å². The van der Waals surface area contributed by atoms with Crippen molar-refractivity contribution in [2.75, 3.05) is 6.61 Å². The molecule has 23 heavy (non-hydrogen) atoms. The maximum absolute atomic E-state index is 13.4. The molecule has 12 heteroatoms. The van der Waals surface area contributed by atoms with E-state index in [2.05, 4.69) is 4.74 Å². The quantitative estimate of drug-likeness (QED) is 0.519. The lowest BCUT2D eigenvalue weighted by atomic mass is 9.82. The number of hydrogen-bond acceptors (Lipinski definition) is 2. The molecule has 0 aliphatic rings. The summed E-state index contributed by atoms with van der Waals surface area (Å²) in [6, 6.07) is 0. The van der Waals surface area contributed by atoms with Crippen LogP contribution in [0.2, 0.25) is 0 Å². The lowest BCUT2D eigenvalue weighted by Gasteiger charge is -2.38. The van der Waals surface area contributed by atoms with Crippen LogP contribution in [0, 0.1) is 5.41 Å². The summed E-state index contributed by atoms with van der Waals surface area (Å²) in [5.74, 6) is -1.85. The molecule has 0 saturated carbocycles. The summed E-state index contributed by atoms with van der Waals surface area (Å²) >= 11 is 0. The van der Waals surface area contributed by atoms with Gasteiger partial charge in [-0.1, -0.05) is 6.92 Å². The Hall–Kier alpha value is -1.23. The minimum atomic E-state index is -6.74. The zero-order valence-electron chi connectivity index (χ0n) is 11.7. The summed E-state index contributed by atoms with van der Waals surface area (Å²) in [5.41, 5.74) is -8.82.